The average molecular weight is 265 g/mol. The Morgan fingerprint density at radius 1 is 1.37 bits per heavy atom. The van der Waals surface area contributed by atoms with E-state index in [1.165, 1.54) is 6.07 Å². The molecule has 2 rings (SSSR count). The van der Waals surface area contributed by atoms with E-state index in [0.29, 0.717) is 12.1 Å². The maximum absolute atomic E-state index is 13.9. The van der Waals surface area contributed by atoms with Gasteiger partial charge in [-0.3, -0.25) is 0 Å². The van der Waals surface area contributed by atoms with Gasteiger partial charge < -0.3 is 9.88 Å². The summed E-state index contributed by atoms with van der Waals surface area (Å²) in [5, 5.41) is 3.23. The smallest absolute Gasteiger partial charge is 0.128 e. The number of halogens is 2. The van der Waals surface area contributed by atoms with Gasteiger partial charge in [-0.25, -0.2) is 13.8 Å². The van der Waals surface area contributed by atoms with E-state index in [2.05, 4.69) is 10.3 Å². The SMILES string of the molecule is CCCNC(c1cc(F)ccc1F)c1cncn1C. The highest BCUT2D eigenvalue weighted by Gasteiger charge is 2.20. The predicted octanol–water partition coefficient (Wildman–Crippen LogP) is 2.79. The van der Waals surface area contributed by atoms with Crippen LogP contribution in [0.15, 0.2) is 30.7 Å². The molecule has 102 valence electrons. The Morgan fingerprint density at radius 3 is 2.79 bits per heavy atom. The number of rotatable bonds is 5. The first-order valence-electron chi connectivity index (χ1n) is 6.28. The molecule has 2 aromatic rings. The third kappa shape index (κ3) is 2.98. The Balaban J connectivity index is 2.42. The molecule has 1 unspecified atom stereocenters. The topological polar surface area (TPSA) is 29.9 Å². The van der Waals surface area contributed by atoms with Crippen molar-refractivity contribution in [2.24, 2.45) is 7.05 Å². The van der Waals surface area contributed by atoms with Crippen molar-refractivity contribution >= 4 is 0 Å². The Bertz CT molecular complexity index is 551. The van der Waals surface area contributed by atoms with Crippen LogP contribution in [0.25, 0.3) is 0 Å². The Kier molecular flexibility index (Phi) is 4.27. The first-order valence-corrected chi connectivity index (χ1v) is 6.28. The summed E-state index contributed by atoms with van der Waals surface area (Å²) in [6.07, 6.45) is 4.22. The number of aryl methyl sites for hydroxylation is 1. The van der Waals surface area contributed by atoms with Gasteiger partial charge >= 0.3 is 0 Å². The highest BCUT2D eigenvalue weighted by molar-refractivity contribution is 5.29. The molecule has 3 nitrogen and oxygen atoms in total. The number of hydrogen-bond donors (Lipinski definition) is 1. The molecule has 5 heteroatoms. The van der Waals surface area contributed by atoms with Crippen molar-refractivity contribution in [1.29, 1.82) is 0 Å². The van der Waals surface area contributed by atoms with E-state index in [-0.39, 0.29) is 0 Å². The summed E-state index contributed by atoms with van der Waals surface area (Å²) >= 11 is 0. The van der Waals surface area contributed by atoms with Crippen LogP contribution in [0.2, 0.25) is 0 Å². The third-order valence-corrected chi connectivity index (χ3v) is 3.02. The summed E-state index contributed by atoms with van der Waals surface area (Å²) in [6.45, 7) is 2.74. The van der Waals surface area contributed by atoms with Crippen LogP contribution in [0.1, 0.15) is 30.6 Å². The molecule has 19 heavy (non-hydrogen) atoms. The quantitative estimate of drug-likeness (QED) is 0.901. The molecule has 1 aromatic carbocycles. The van der Waals surface area contributed by atoms with Crippen molar-refractivity contribution < 1.29 is 8.78 Å². The molecule has 0 bridgehead atoms. The second kappa shape index (κ2) is 5.93. The molecule has 0 saturated heterocycles. The van der Waals surface area contributed by atoms with E-state index < -0.39 is 17.7 Å². The normalized spacial score (nSPS) is 12.6. The summed E-state index contributed by atoms with van der Waals surface area (Å²) < 4.78 is 29.1. The minimum atomic E-state index is -0.443. The van der Waals surface area contributed by atoms with Crippen LogP contribution in [-0.4, -0.2) is 16.1 Å². The van der Waals surface area contributed by atoms with Crippen molar-refractivity contribution in [2.75, 3.05) is 6.54 Å². The zero-order chi connectivity index (χ0) is 13.8. The summed E-state index contributed by atoms with van der Waals surface area (Å²) in [7, 11) is 1.83. The van der Waals surface area contributed by atoms with Crippen molar-refractivity contribution in [2.45, 2.75) is 19.4 Å². The van der Waals surface area contributed by atoms with E-state index in [1.807, 2.05) is 14.0 Å². The van der Waals surface area contributed by atoms with Gasteiger partial charge in [-0.1, -0.05) is 6.92 Å². The van der Waals surface area contributed by atoms with Crippen LogP contribution in [-0.2, 0) is 7.05 Å². The highest BCUT2D eigenvalue weighted by atomic mass is 19.1. The van der Waals surface area contributed by atoms with Crippen LogP contribution in [0.4, 0.5) is 8.78 Å². The van der Waals surface area contributed by atoms with Crippen molar-refractivity contribution in [3.8, 4) is 0 Å². The maximum Gasteiger partial charge on any atom is 0.128 e. The number of nitrogens with zero attached hydrogens (tertiary/aromatic N) is 2. The van der Waals surface area contributed by atoms with Gasteiger partial charge in [0.05, 0.1) is 24.3 Å². The molecule has 0 amide bonds. The number of hydrogen-bond acceptors (Lipinski definition) is 2. The fourth-order valence-electron chi connectivity index (χ4n) is 2.04. The Labute approximate surface area is 111 Å². The van der Waals surface area contributed by atoms with E-state index in [9.17, 15) is 8.78 Å². The first-order chi connectivity index (χ1) is 9.13. The van der Waals surface area contributed by atoms with E-state index in [0.717, 1.165) is 24.2 Å². The number of imidazole rings is 1. The van der Waals surface area contributed by atoms with Gasteiger partial charge in [-0.2, -0.15) is 0 Å². The maximum atomic E-state index is 13.9. The van der Waals surface area contributed by atoms with Gasteiger partial charge in [0.2, 0.25) is 0 Å². The van der Waals surface area contributed by atoms with Crippen LogP contribution in [0.3, 0.4) is 0 Å². The minimum Gasteiger partial charge on any atom is -0.336 e. The van der Waals surface area contributed by atoms with Gasteiger partial charge in [0.15, 0.2) is 0 Å². The van der Waals surface area contributed by atoms with E-state index in [4.69, 9.17) is 0 Å². The lowest BCUT2D eigenvalue weighted by molar-refractivity contribution is 0.520. The largest absolute Gasteiger partial charge is 0.336 e. The van der Waals surface area contributed by atoms with Crippen LogP contribution < -0.4 is 5.32 Å². The molecule has 0 radical (unpaired) electrons. The lowest BCUT2D eigenvalue weighted by Gasteiger charge is -2.20. The molecule has 0 spiro atoms. The van der Waals surface area contributed by atoms with Gasteiger partial charge in [0.1, 0.15) is 11.6 Å². The molecule has 0 fully saturated rings. The molecule has 0 aliphatic rings. The number of nitrogens with one attached hydrogen (secondary N) is 1. The zero-order valence-electron chi connectivity index (χ0n) is 11.0. The fourth-order valence-corrected chi connectivity index (χ4v) is 2.04. The average Bonchev–Trinajstić information content (AvgIpc) is 2.80. The van der Waals surface area contributed by atoms with Crippen molar-refractivity contribution in [3.05, 3.63) is 53.6 Å². The first kappa shape index (κ1) is 13.7. The minimum absolute atomic E-state index is 0.303. The summed E-state index contributed by atoms with van der Waals surface area (Å²) in [6, 6.07) is 3.11. The molecule has 0 aliphatic heterocycles. The van der Waals surface area contributed by atoms with Gasteiger partial charge in [-0.15, -0.1) is 0 Å². The number of aromatic nitrogens is 2. The van der Waals surface area contributed by atoms with Crippen LogP contribution in [0.5, 0.6) is 0 Å². The van der Waals surface area contributed by atoms with Gasteiger partial charge in [0, 0.05) is 12.6 Å². The monoisotopic (exact) mass is 265 g/mol. The lowest BCUT2D eigenvalue weighted by Crippen LogP contribution is -2.26. The molecule has 0 aliphatic carbocycles. The second-order valence-electron chi connectivity index (χ2n) is 4.48. The molecule has 1 heterocycles. The van der Waals surface area contributed by atoms with Crippen LogP contribution >= 0.6 is 0 Å². The second-order valence-corrected chi connectivity index (χ2v) is 4.48. The standard InChI is InChI=1S/C14H17F2N3/c1-3-6-18-14(13-8-17-9-19(13)2)11-7-10(15)4-5-12(11)16/h4-5,7-9,14,18H,3,6H2,1-2H3. The predicted molar refractivity (Wildman–Crippen MR) is 69.7 cm³/mol. The van der Waals surface area contributed by atoms with Gasteiger partial charge in [-0.05, 0) is 31.2 Å². The lowest BCUT2D eigenvalue weighted by atomic mass is 10.0. The van der Waals surface area contributed by atoms with Crippen molar-refractivity contribution in [3.63, 3.8) is 0 Å². The Morgan fingerprint density at radius 2 is 2.16 bits per heavy atom. The van der Waals surface area contributed by atoms with E-state index in [1.54, 1.807) is 17.1 Å². The summed E-state index contributed by atoms with van der Waals surface area (Å²) in [5.74, 6) is -0.863. The zero-order valence-corrected chi connectivity index (χ0v) is 11.0. The molecular formula is C14H17F2N3. The Hall–Kier alpha value is -1.75. The summed E-state index contributed by atoms with van der Waals surface area (Å²) in [4.78, 5) is 4.04. The number of benzene rings is 1. The molecule has 1 atom stereocenters. The molecule has 0 saturated carbocycles. The summed E-state index contributed by atoms with van der Waals surface area (Å²) in [5.41, 5.74) is 1.11. The molecular weight excluding hydrogens is 248 g/mol. The van der Waals surface area contributed by atoms with Crippen LogP contribution in [0, 0.1) is 11.6 Å². The highest BCUT2D eigenvalue weighted by Crippen LogP contribution is 2.24. The molecule has 1 N–H and O–H groups in total. The van der Waals surface area contributed by atoms with Crippen molar-refractivity contribution in [1.82, 2.24) is 14.9 Å². The van der Waals surface area contributed by atoms with Gasteiger partial charge in [0.25, 0.3) is 0 Å². The fraction of sp³-hybridized carbons (Fsp3) is 0.357. The third-order valence-electron chi connectivity index (χ3n) is 3.02. The molecule has 1 aromatic heterocycles. The van der Waals surface area contributed by atoms with E-state index >= 15 is 0 Å².